The van der Waals surface area contributed by atoms with E-state index in [0.717, 1.165) is 51.4 Å². The van der Waals surface area contributed by atoms with Crippen molar-refractivity contribution >= 4 is 23.6 Å². The van der Waals surface area contributed by atoms with Crippen LogP contribution in [0.15, 0.2) is 16.6 Å². The molecule has 0 spiro atoms. The van der Waals surface area contributed by atoms with Gasteiger partial charge >= 0.3 is 0 Å². The van der Waals surface area contributed by atoms with E-state index in [9.17, 15) is 9.59 Å². The lowest BCUT2D eigenvalue weighted by Gasteiger charge is -2.71. The molecule has 0 heterocycles. The zero-order chi connectivity index (χ0) is 30.3. The van der Waals surface area contributed by atoms with E-state index in [1.807, 2.05) is 0 Å². The van der Waals surface area contributed by atoms with E-state index in [1.165, 1.54) is 5.57 Å². The van der Waals surface area contributed by atoms with Gasteiger partial charge in [0.1, 0.15) is 5.78 Å². The zero-order valence-corrected chi connectivity index (χ0v) is 27.1. The minimum Gasteiger partial charge on any atom is -0.369 e. The number of fused-ring (bicyclic) bond motifs is 7. The van der Waals surface area contributed by atoms with Gasteiger partial charge < -0.3 is 10.6 Å². The van der Waals surface area contributed by atoms with Crippen LogP contribution in [0.3, 0.4) is 0 Å². The Morgan fingerprint density at radius 3 is 2.37 bits per heavy atom. The molecule has 0 saturated heterocycles. The fourth-order valence-electron chi connectivity index (χ4n) is 11.2. The third-order valence-corrected chi connectivity index (χ3v) is 14.1. The Morgan fingerprint density at radius 1 is 1.02 bits per heavy atom. The second-order valence-corrected chi connectivity index (χ2v) is 16.1. The van der Waals surface area contributed by atoms with Crippen LogP contribution in [0.4, 0.5) is 0 Å². The van der Waals surface area contributed by atoms with Crippen molar-refractivity contribution in [3.05, 3.63) is 11.6 Å². The molecule has 0 aromatic carbocycles. The predicted octanol–water partition coefficient (Wildman–Crippen LogP) is 6.14. The molecule has 7 heteroatoms. The first-order valence-corrected chi connectivity index (χ1v) is 16.1. The van der Waals surface area contributed by atoms with E-state index < -0.39 is 5.41 Å². The Labute approximate surface area is 248 Å². The largest absolute Gasteiger partial charge is 0.369 e. The minimum atomic E-state index is -0.513. The highest BCUT2D eigenvalue weighted by atomic mass is 16.2. The summed E-state index contributed by atoms with van der Waals surface area (Å²) in [6.07, 6.45) is 11.3. The molecule has 1 amide bonds. The van der Waals surface area contributed by atoms with Gasteiger partial charge in [0.05, 0.1) is 5.41 Å². The van der Waals surface area contributed by atoms with Gasteiger partial charge in [0, 0.05) is 25.9 Å². The lowest BCUT2D eigenvalue weighted by atomic mass is 9.33. The van der Waals surface area contributed by atoms with Gasteiger partial charge in [0.25, 0.3) is 0 Å². The van der Waals surface area contributed by atoms with Gasteiger partial charge in [-0.1, -0.05) is 60.1 Å². The van der Waals surface area contributed by atoms with Crippen LogP contribution in [0.25, 0.3) is 0 Å². The van der Waals surface area contributed by atoms with Gasteiger partial charge in [-0.25, -0.2) is 0 Å². The average molecular weight is 566 g/mol. The smallest absolute Gasteiger partial charge is 0.233 e. The van der Waals surface area contributed by atoms with Crippen LogP contribution in [0.5, 0.6) is 0 Å². The molecule has 5 aliphatic rings. The predicted molar refractivity (Wildman–Crippen MR) is 165 cm³/mol. The van der Waals surface area contributed by atoms with Gasteiger partial charge in [-0.05, 0) is 97.2 Å². The molecule has 5 rings (SSSR count). The lowest BCUT2D eigenvalue weighted by Crippen LogP contribution is -2.66. The van der Waals surface area contributed by atoms with E-state index in [-0.39, 0.29) is 45.4 Å². The molecule has 4 fully saturated rings. The first-order valence-electron chi connectivity index (χ1n) is 16.1. The van der Waals surface area contributed by atoms with Crippen molar-refractivity contribution in [1.82, 2.24) is 10.2 Å². The summed E-state index contributed by atoms with van der Waals surface area (Å²) < 4.78 is 0. The van der Waals surface area contributed by atoms with Crippen molar-refractivity contribution in [3.8, 4) is 0 Å². The standard InChI is InChI=1S/C34H55N5O2/c1-20-12-17-34(27(41)37-28(35)38-29(36)39(8)9)19-18-32(6)22(26(34)21(20)2)10-11-24-31(5)15-14-25(40)30(3,4)23(31)13-16-33(24,32)7/h10,20-21,23-24,26H,11-19H2,1-9H3,(H4,35,36,37,38,41)/t20-,21+,23?,24?,26?,31+,32-,33-,34+/m1/s1. The summed E-state index contributed by atoms with van der Waals surface area (Å²) >= 11 is 0. The van der Waals surface area contributed by atoms with Crippen molar-refractivity contribution in [2.75, 3.05) is 14.1 Å². The summed E-state index contributed by atoms with van der Waals surface area (Å²) in [5.74, 6) is 2.51. The summed E-state index contributed by atoms with van der Waals surface area (Å²) in [7, 11) is 3.48. The van der Waals surface area contributed by atoms with Crippen LogP contribution in [0, 0.1) is 62.1 Å². The van der Waals surface area contributed by atoms with Crippen molar-refractivity contribution in [1.29, 1.82) is 5.41 Å². The van der Waals surface area contributed by atoms with Crippen molar-refractivity contribution in [2.45, 2.75) is 106 Å². The average Bonchev–Trinajstić information content (AvgIpc) is 2.88. The number of guanidine groups is 2. The molecule has 3 unspecified atom stereocenters. The van der Waals surface area contributed by atoms with Gasteiger partial charge in [-0.2, -0.15) is 4.99 Å². The Balaban J connectivity index is 1.55. The van der Waals surface area contributed by atoms with E-state index >= 15 is 0 Å². The van der Waals surface area contributed by atoms with Crippen LogP contribution in [0.1, 0.15) is 106 Å². The third-order valence-electron chi connectivity index (χ3n) is 14.1. The minimum absolute atomic E-state index is 0.00629. The molecule has 5 aliphatic carbocycles. The monoisotopic (exact) mass is 565 g/mol. The number of aliphatic imine (C=N–C) groups is 1. The summed E-state index contributed by atoms with van der Waals surface area (Å²) in [5.41, 5.74) is 7.23. The SMILES string of the molecule is C[C@@H]1CC[C@]2(C(=O)N/C(N)=N/C(=N)N(C)C)CC[C@]3(C)C(=CCC4[C@@]5(C)CCC(=O)C(C)(C)C5CC[C@]43C)C2[C@H]1C. The second-order valence-electron chi connectivity index (χ2n) is 16.1. The number of nitrogens with zero attached hydrogens (tertiary/aromatic N) is 2. The molecule has 0 aromatic rings. The maximum atomic E-state index is 14.2. The molecule has 9 atom stereocenters. The van der Waals surface area contributed by atoms with Gasteiger partial charge in [-0.15, -0.1) is 0 Å². The highest BCUT2D eigenvalue weighted by molar-refractivity contribution is 6.03. The Morgan fingerprint density at radius 2 is 1.71 bits per heavy atom. The number of amides is 1. The number of Topliss-reactive ketones (excluding diaryl/α,β-unsaturated/α-hetero) is 1. The number of hydrogen-bond acceptors (Lipinski definition) is 3. The van der Waals surface area contributed by atoms with E-state index in [4.69, 9.17) is 11.1 Å². The molecule has 4 N–H and O–H groups in total. The summed E-state index contributed by atoms with van der Waals surface area (Å²) in [6, 6.07) is 0. The molecule has 4 saturated carbocycles. The number of hydrogen-bond donors (Lipinski definition) is 3. The third kappa shape index (κ3) is 4.10. The summed E-state index contributed by atoms with van der Waals surface area (Å²) in [6.45, 7) is 16.7. The highest BCUT2D eigenvalue weighted by Crippen LogP contribution is 2.75. The second kappa shape index (κ2) is 9.67. The van der Waals surface area contributed by atoms with Crippen molar-refractivity contribution in [3.63, 3.8) is 0 Å². The molecule has 41 heavy (non-hydrogen) atoms. The van der Waals surface area contributed by atoms with Crippen LogP contribution >= 0.6 is 0 Å². The first kappa shape index (κ1) is 30.3. The van der Waals surface area contributed by atoms with Gasteiger partial charge in [0.15, 0.2) is 0 Å². The molecule has 0 bridgehead atoms. The van der Waals surface area contributed by atoms with Crippen molar-refractivity contribution in [2.24, 2.45) is 67.4 Å². The maximum Gasteiger partial charge on any atom is 0.233 e. The fraction of sp³-hybridized carbons (Fsp3) is 0.824. The lowest BCUT2D eigenvalue weighted by molar-refractivity contribution is -0.186. The molecule has 0 aliphatic heterocycles. The first-order chi connectivity index (χ1) is 19.0. The number of carbonyl (C=O) groups is 2. The van der Waals surface area contributed by atoms with Gasteiger partial charge in [-0.3, -0.25) is 20.3 Å². The summed E-state index contributed by atoms with van der Waals surface area (Å²) in [4.78, 5) is 33.0. The quantitative estimate of drug-likeness (QED) is 0.201. The number of carbonyl (C=O) groups excluding carboxylic acids is 2. The van der Waals surface area contributed by atoms with Crippen LogP contribution in [-0.2, 0) is 9.59 Å². The Hall–Kier alpha value is -2.18. The highest BCUT2D eigenvalue weighted by Gasteiger charge is 2.69. The molecule has 228 valence electrons. The topological polar surface area (TPSA) is 112 Å². The molecular weight excluding hydrogens is 510 g/mol. The number of ketones is 1. The molecular formula is C34H55N5O2. The Bertz CT molecular complexity index is 1200. The fourth-order valence-corrected chi connectivity index (χ4v) is 11.2. The number of allylic oxidation sites excluding steroid dienone is 2. The van der Waals surface area contributed by atoms with E-state index in [2.05, 4.69) is 64.9 Å². The number of rotatable bonds is 1. The molecule has 7 nitrogen and oxygen atoms in total. The number of nitrogens with two attached hydrogens (primary N) is 1. The van der Waals surface area contributed by atoms with E-state index in [1.54, 1.807) is 19.0 Å². The van der Waals surface area contributed by atoms with Gasteiger partial charge in [0.2, 0.25) is 17.8 Å². The number of nitrogens with one attached hydrogen (secondary N) is 2. The Kier molecular flexibility index (Phi) is 7.14. The normalized spacial score (nSPS) is 45.3. The van der Waals surface area contributed by atoms with Crippen molar-refractivity contribution < 1.29 is 9.59 Å². The molecule has 0 radical (unpaired) electrons. The van der Waals surface area contributed by atoms with E-state index in [0.29, 0.717) is 35.9 Å². The zero-order valence-electron chi connectivity index (χ0n) is 27.1. The summed E-state index contributed by atoms with van der Waals surface area (Å²) in [5, 5.41) is 11.0. The molecule has 0 aromatic heterocycles. The maximum absolute atomic E-state index is 14.2. The van der Waals surface area contributed by atoms with Crippen LogP contribution in [-0.4, -0.2) is 42.6 Å². The van der Waals surface area contributed by atoms with Crippen LogP contribution < -0.4 is 11.1 Å². The van der Waals surface area contributed by atoms with Crippen LogP contribution in [0.2, 0.25) is 0 Å².